The molecule has 0 saturated carbocycles. The minimum absolute atomic E-state index is 0.0811. The minimum Gasteiger partial charge on any atom is -0.340 e. The van der Waals surface area contributed by atoms with Gasteiger partial charge in [0, 0.05) is 19.8 Å². The summed E-state index contributed by atoms with van der Waals surface area (Å²) in [6.45, 7) is 0.342. The number of sulfone groups is 1. The van der Waals surface area contributed by atoms with Crippen LogP contribution in [0.25, 0.3) is 0 Å². The number of hydrogen-bond donors (Lipinski definition) is 0. The molecule has 0 unspecified atom stereocenters. The van der Waals surface area contributed by atoms with Crippen LogP contribution in [-0.2, 0) is 21.2 Å². The molecule has 0 saturated heterocycles. The zero-order valence-corrected chi connectivity index (χ0v) is 11.3. The molecule has 0 aliphatic rings. The third-order valence-electron chi connectivity index (χ3n) is 2.29. The van der Waals surface area contributed by atoms with Gasteiger partial charge >= 0.3 is 0 Å². The van der Waals surface area contributed by atoms with Gasteiger partial charge in [0.2, 0.25) is 5.91 Å². The van der Waals surface area contributed by atoms with E-state index in [0.717, 1.165) is 11.8 Å². The fourth-order valence-corrected chi connectivity index (χ4v) is 2.23. The van der Waals surface area contributed by atoms with Crippen LogP contribution in [0, 0.1) is 0 Å². The molecule has 0 aliphatic heterocycles. The summed E-state index contributed by atoms with van der Waals surface area (Å²) in [5, 5.41) is 0. The van der Waals surface area contributed by atoms with Crippen LogP contribution in [0.5, 0.6) is 0 Å². The van der Waals surface area contributed by atoms with E-state index in [1.807, 2.05) is 0 Å². The average molecular weight is 276 g/mol. The maximum Gasteiger partial charge on any atom is 0.237 e. The van der Waals surface area contributed by atoms with Crippen molar-refractivity contribution in [2.45, 2.75) is 11.4 Å². The molecule has 1 amide bonds. The summed E-state index contributed by atoms with van der Waals surface area (Å²) >= 11 is 5.43. The molecule has 0 radical (unpaired) electrons. The molecule has 1 aromatic rings. The zero-order chi connectivity index (χ0) is 13.1. The number of amides is 1. The molecule has 1 rings (SSSR count). The molecule has 0 aliphatic carbocycles. The number of benzene rings is 1. The van der Waals surface area contributed by atoms with Gasteiger partial charge in [-0.25, -0.2) is 8.42 Å². The molecule has 0 heterocycles. The van der Waals surface area contributed by atoms with Crippen LogP contribution in [0.3, 0.4) is 0 Å². The molecule has 0 bridgehead atoms. The van der Waals surface area contributed by atoms with E-state index in [1.165, 1.54) is 11.0 Å². The Kier molecular flexibility index (Phi) is 4.54. The monoisotopic (exact) mass is 275 g/mol. The van der Waals surface area contributed by atoms with Crippen LogP contribution >= 0.6 is 11.6 Å². The van der Waals surface area contributed by atoms with E-state index in [0.29, 0.717) is 6.54 Å². The van der Waals surface area contributed by atoms with Gasteiger partial charge in [0.25, 0.3) is 0 Å². The minimum atomic E-state index is -3.22. The highest BCUT2D eigenvalue weighted by molar-refractivity contribution is 7.90. The Balaban J connectivity index is 2.90. The van der Waals surface area contributed by atoms with E-state index in [4.69, 9.17) is 11.6 Å². The van der Waals surface area contributed by atoms with E-state index in [9.17, 15) is 13.2 Å². The Morgan fingerprint density at radius 1 is 1.41 bits per heavy atom. The first kappa shape index (κ1) is 14.0. The van der Waals surface area contributed by atoms with Crippen molar-refractivity contribution in [3.05, 3.63) is 29.8 Å². The summed E-state index contributed by atoms with van der Waals surface area (Å²) < 4.78 is 22.7. The van der Waals surface area contributed by atoms with E-state index >= 15 is 0 Å². The lowest BCUT2D eigenvalue weighted by molar-refractivity contribution is -0.127. The SMILES string of the molecule is CN(Cc1cccc(S(C)(=O)=O)c1)C(=O)CCl. The first-order valence-corrected chi connectivity index (χ1v) is 7.36. The van der Waals surface area contributed by atoms with Gasteiger partial charge in [-0.15, -0.1) is 11.6 Å². The molecule has 1 aromatic carbocycles. The van der Waals surface area contributed by atoms with Crippen LogP contribution in [0.4, 0.5) is 0 Å². The van der Waals surface area contributed by atoms with Gasteiger partial charge in [0.05, 0.1) is 4.90 Å². The second kappa shape index (κ2) is 5.51. The fourth-order valence-electron chi connectivity index (χ4n) is 1.34. The van der Waals surface area contributed by atoms with Gasteiger partial charge in [-0.2, -0.15) is 0 Å². The van der Waals surface area contributed by atoms with Crippen LogP contribution in [-0.4, -0.2) is 38.4 Å². The van der Waals surface area contributed by atoms with Gasteiger partial charge in [0.1, 0.15) is 5.88 Å². The predicted octanol–water partition coefficient (Wildman–Crippen LogP) is 1.29. The molecule has 0 N–H and O–H groups in total. The maximum atomic E-state index is 11.4. The van der Waals surface area contributed by atoms with Crippen molar-refractivity contribution < 1.29 is 13.2 Å². The number of alkyl halides is 1. The molecule has 4 nitrogen and oxygen atoms in total. The Morgan fingerprint density at radius 2 is 2.06 bits per heavy atom. The molecule has 0 aromatic heterocycles. The van der Waals surface area contributed by atoms with Crippen LogP contribution in [0.15, 0.2) is 29.2 Å². The van der Waals surface area contributed by atoms with Gasteiger partial charge in [-0.1, -0.05) is 12.1 Å². The van der Waals surface area contributed by atoms with Crippen molar-refractivity contribution in [1.82, 2.24) is 4.90 Å². The summed E-state index contributed by atoms with van der Waals surface area (Å²) in [5.41, 5.74) is 0.758. The highest BCUT2D eigenvalue weighted by atomic mass is 35.5. The van der Waals surface area contributed by atoms with E-state index in [2.05, 4.69) is 0 Å². The number of halogens is 1. The number of hydrogen-bond acceptors (Lipinski definition) is 3. The summed E-state index contributed by atoms with van der Waals surface area (Å²) in [6, 6.07) is 6.52. The lowest BCUT2D eigenvalue weighted by atomic mass is 10.2. The van der Waals surface area contributed by atoms with Gasteiger partial charge in [0.15, 0.2) is 9.84 Å². The molecule has 0 fully saturated rings. The lowest BCUT2D eigenvalue weighted by Gasteiger charge is -2.16. The number of carbonyl (C=O) groups excluding carboxylic acids is 1. The van der Waals surface area contributed by atoms with Crippen LogP contribution in [0.2, 0.25) is 0 Å². The molecule has 94 valence electrons. The van der Waals surface area contributed by atoms with Gasteiger partial charge in [-0.05, 0) is 17.7 Å². The second-order valence-corrected chi connectivity index (χ2v) is 6.09. The smallest absolute Gasteiger partial charge is 0.237 e. The lowest BCUT2D eigenvalue weighted by Crippen LogP contribution is -2.27. The van der Waals surface area contributed by atoms with Crippen molar-refractivity contribution in [2.75, 3.05) is 19.2 Å². The van der Waals surface area contributed by atoms with Crippen molar-refractivity contribution in [3.63, 3.8) is 0 Å². The first-order valence-electron chi connectivity index (χ1n) is 4.93. The second-order valence-electron chi connectivity index (χ2n) is 3.80. The predicted molar refractivity (Wildman–Crippen MR) is 66.7 cm³/mol. The Morgan fingerprint density at radius 3 is 2.59 bits per heavy atom. The number of rotatable bonds is 4. The van der Waals surface area contributed by atoms with Crippen molar-refractivity contribution in [2.24, 2.45) is 0 Å². The largest absolute Gasteiger partial charge is 0.340 e. The Bertz CT molecular complexity index is 513. The third kappa shape index (κ3) is 4.02. The van der Waals surface area contributed by atoms with Crippen LogP contribution in [0.1, 0.15) is 5.56 Å². The average Bonchev–Trinajstić information content (AvgIpc) is 2.27. The van der Waals surface area contributed by atoms with Crippen LogP contribution < -0.4 is 0 Å². The van der Waals surface area contributed by atoms with Crippen molar-refractivity contribution in [3.8, 4) is 0 Å². The Labute approximate surface area is 106 Å². The zero-order valence-electron chi connectivity index (χ0n) is 9.68. The third-order valence-corrected chi connectivity index (χ3v) is 3.63. The highest BCUT2D eigenvalue weighted by Gasteiger charge is 2.10. The molecular weight excluding hydrogens is 262 g/mol. The van der Waals surface area contributed by atoms with E-state index in [1.54, 1.807) is 25.2 Å². The number of carbonyl (C=O) groups is 1. The number of nitrogens with zero attached hydrogens (tertiary/aromatic N) is 1. The topological polar surface area (TPSA) is 54.5 Å². The van der Waals surface area contributed by atoms with E-state index in [-0.39, 0.29) is 16.7 Å². The fraction of sp³-hybridized carbons (Fsp3) is 0.364. The molecular formula is C11H14ClNO3S. The first-order chi connectivity index (χ1) is 7.84. The standard InChI is InChI=1S/C11H14ClNO3S/c1-13(11(14)7-12)8-9-4-3-5-10(6-9)17(2,15)16/h3-6H,7-8H2,1-2H3. The van der Waals surface area contributed by atoms with Crippen molar-refractivity contribution >= 4 is 27.3 Å². The molecule has 17 heavy (non-hydrogen) atoms. The summed E-state index contributed by atoms with van der Waals surface area (Å²) in [4.78, 5) is 13.0. The quantitative estimate of drug-likeness (QED) is 0.778. The normalized spacial score (nSPS) is 11.2. The van der Waals surface area contributed by atoms with Crippen molar-refractivity contribution in [1.29, 1.82) is 0 Å². The Hall–Kier alpha value is -1.07. The molecule has 0 atom stereocenters. The molecule has 0 spiro atoms. The van der Waals surface area contributed by atoms with Gasteiger partial charge < -0.3 is 4.90 Å². The molecule has 6 heteroatoms. The van der Waals surface area contributed by atoms with Gasteiger partial charge in [-0.3, -0.25) is 4.79 Å². The summed E-state index contributed by atoms with van der Waals surface area (Å²) in [5.74, 6) is -0.279. The van der Waals surface area contributed by atoms with E-state index < -0.39 is 9.84 Å². The highest BCUT2D eigenvalue weighted by Crippen LogP contribution is 2.12. The summed E-state index contributed by atoms with van der Waals surface area (Å²) in [6.07, 6.45) is 1.15. The summed E-state index contributed by atoms with van der Waals surface area (Å²) in [7, 11) is -1.59. The maximum absolute atomic E-state index is 11.4.